The molecule has 0 aliphatic carbocycles. The fourth-order valence-corrected chi connectivity index (χ4v) is 1.50. The lowest BCUT2D eigenvalue weighted by molar-refractivity contribution is 0.132. The van der Waals surface area contributed by atoms with Crippen molar-refractivity contribution in [2.24, 2.45) is 5.92 Å². The number of halogens is 1. The molecule has 0 spiro atoms. The van der Waals surface area contributed by atoms with Gasteiger partial charge in [-0.15, -0.1) is 11.6 Å². The molecule has 0 aliphatic rings. The molecule has 0 aromatic carbocycles. The van der Waals surface area contributed by atoms with Gasteiger partial charge in [-0.3, -0.25) is 0 Å². The van der Waals surface area contributed by atoms with Gasteiger partial charge in [0.15, 0.2) is 0 Å². The quantitative estimate of drug-likeness (QED) is 0.453. The molecule has 2 nitrogen and oxygen atoms in total. The van der Waals surface area contributed by atoms with Gasteiger partial charge < -0.3 is 10.1 Å². The summed E-state index contributed by atoms with van der Waals surface area (Å²) < 4.78 is 5.43. The van der Waals surface area contributed by atoms with Crippen LogP contribution in [0.4, 0.5) is 0 Å². The molecule has 0 fully saturated rings. The largest absolute Gasteiger partial charge is 0.380 e. The Kier molecular flexibility index (Phi) is 11.5. The van der Waals surface area contributed by atoms with Crippen LogP contribution in [0.5, 0.6) is 0 Å². The summed E-state index contributed by atoms with van der Waals surface area (Å²) in [6.07, 6.45) is 3.47. The van der Waals surface area contributed by atoms with Gasteiger partial charge in [0.25, 0.3) is 0 Å². The number of hydrogen-bond donors (Lipinski definition) is 1. The minimum atomic E-state index is 0.670. The number of nitrogens with one attached hydrogen (secondary N) is 1. The Morgan fingerprint density at radius 1 is 1.36 bits per heavy atom. The minimum Gasteiger partial charge on any atom is -0.380 e. The van der Waals surface area contributed by atoms with Crippen LogP contribution in [0.1, 0.15) is 33.1 Å². The van der Waals surface area contributed by atoms with Crippen LogP contribution in [0.3, 0.4) is 0 Å². The third-order valence-corrected chi connectivity index (χ3v) is 2.38. The number of alkyl halides is 1. The van der Waals surface area contributed by atoms with E-state index in [0.717, 1.165) is 38.6 Å². The Bertz CT molecular complexity index is 111. The molecule has 3 heteroatoms. The van der Waals surface area contributed by atoms with E-state index in [1.807, 2.05) is 0 Å². The highest BCUT2D eigenvalue weighted by atomic mass is 35.5. The van der Waals surface area contributed by atoms with Gasteiger partial charge in [0.2, 0.25) is 0 Å². The number of ether oxygens (including phenoxy) is 1. The van der Waals surface area contributed by atoms with Crippen LogP contribution >= 0.6 is 11.6 Å². The normalized spacial score (nSPS) is 13.1. The highest BCUT2D eigenvalue weighted by Gasteiger charge is 1.99. The van der Waals surface area contributed by atoms with E-state index >= 15 is 0 Å². The van der Waals surface area contributed by atoms with E-state index in [1.54, 1.807) is 0 Å². The molecule has 0 rings (SSSR count). The van der Waals surface area contributed by atoms with Crippen LogP contribution < -0.4 is 5.32 Å². The van der Waals surface area contributed by atoms with Crippen LogP contribution in [0, 0.1) is 5.92 Å². The Morgan fingerprint density at radius 2 is 2.14 bits per heavy atom. The van der Waals surface area contributed by atoms with E-state index in [4.69, 9.17) is 16.3 Å². The number of hydrogen-bond acceptors (Lipinski definition) is 2. The topological polar surface area (TPSA) is 21.3 Å². The van der Waals surface area contributed by atoms with Crippen LogP contribution in [-0.4, -0.2) is 32.2 Å². The first-order valence-corrected chi connectivity index (χ1v) is 6.19. The maximum atomic E-state index is 5.64. The summed E-state index contributed by atoms with van der Waals surface area (Å²) >= 11 is 5.64. The van der Waals surface area contributed by atoms with Gasteiger partial charge in [0.05, 0.1) is 6.61 Å². The van der Waals surface area contributed by atoms with Crippen molar-refractivity contribution < 1.29 is 4.74 Å². The van der Waals surface area contributed by atoms with Crippen molar-refractivity contribution >= 4 is 11.6 Å². The van der Waals surface area contributed by atoms with Crippen molar-refractivity contribution in [2.75, 3.05) is 32.2 Å². The molecule has 14 heavy (non-hydrogen) atoms. The highest BCUT2D eigenvalue weighted by Crippen LogP contribution is 2.00. The Labute approximate surface area is 93.4 Å². The fraction of sp³-hybridized carbons (Fsp3) is 1.00. The highest BCUT2D eigenvalue weighted by molar-refractivity contribution is 6.17. The van der Waals surface area contributed by atoms with Crippen LogP contribution in [0.15, 0.2) is 0 Å². The van der Waals surface area contributed by atoms with Gasteiger partial charge in [0, 0.05) is 19.0 Å². The lowest BCUT2D eigenvalue weighted by Crippen LogP contribution is -2.25. The predicted octanol–water partition coefficient (Wildman–Crippen LogP) is 2.66. The SMILES string of the molecule is CCCCOCCNCC(C)CCCl. The van der Waals surface area contributed by atoms with Crippen molar-refractivity contribution in [3.05, 3.63) is 0 Å². The van der Waals surface area contributed by atoms with Crippen molar-refractivity contribution in [1.29, 1.82) is 0 Å². The van der Waals surface area contributed by atoms with Gasteiger partial charge in [0.1, 0.15) is 0 Å². The van der Waals surface area contributed by atoms with E-state index in [9.17, 15) is 0 Å². The lowest BCUT2D eigenvalue weighted by Gasteiger charge is -2.10. The first kappa shape index (κ1) is 14.2. The molecule has 0 bridgehead atoms. The molecular weight excluding hydrogens is 198 g/mol. The number of rotatable bonds is 10. The molecule has 1 unspecified atom stereocenters. The molecule has 1 N–H and O–H groups in total. The number of unbranched alkanes of at least 4 members (excludes halogenated alkanes) is 1. The predicted molar refractivity (Wildman–Crippen MR) is 63.1 cm³/mol. The molecule has 0 saturated carbocycles. The Morgan fingerprint density at radius 3 is 2.79 bits per heavy atom. The van der Waals surface area contributed by atoms with Gasteiger partial charge in [-0.1, -0.05) is 20.3 Å². The lowest BCUT2D eigenvalue weighted by atomic mass is 10.1. The monoisotopic (exact) mass is 221 g/mol. The second kappa shape index (κ2) is 11.3. The van der Waals surface area contributed by atoms with Crippen molar-refractivity contribution in [1.82, 2.24) is 5.32 Å². The zero-order chi connectivity index (χ0) is 10.6. The van der Waals surface area contributed by atoms with Crippen molar-refractivity contribution in [3.63, 3.8) is 0 Å². The molecule has 0 aromatic rings. The summed E-state index contributed by atoms with van der Waals surface area (Å²) in [6.45, 7) is 8.12. The third kappa shape index (κ3) is 10.3. The van der Waals surface area contributed by atoms with Gasteiger partial charge >= 0.3 is 0 Å². The molecule has 0 aromatic heterocycles. The molecule has 0 amide bonds. The molecule has 86 valence electrons. The van der Waals surface area contributed by atoms with E-state index in [-0.39, 0.29) is 0 Å². The second-order valence-corrected chi connectivity index (χ2v) is 4.13. The van der Waals surface area contributed by atoms with Gasteiger partial charge in [-0.2, -0.15) is 0 Å². The third-order valence-electron chi connectivity index (χ3n) is 2.16. The molecular formula is C11H24ClNO. The zero-order valence-electron chi connectivity index (χ0n) is 9.52. The van der Waals surface area contributed by atoms with E-state index in [2.05, 4.69) is 19.2 Å². The van der Waals surface area contributed by atoms with Crippen LogP contribution in [-0.2, 0) is 4.74 Å². The van der Waals surface area contributed by atoms with Gasteiger partial charge in [-0.25, -0.2) is 0 Å². The standard InChI is InChI=1S/C11H24ClNO/c1-3-4-8-14-9-7-13-10-11(2)5-6-12/h11,13H,3-10H2,1-2H3. The summed E-state index contributed by atoms with van der Waals surface area (Å²) in [4.78, 5) is 0. The molecule has 0 radical (unpaired) electrons. The summed E-state index contributed by atoms with van der Waals surface area (Å²) in [5.41, 5.74) is 0. The minimum absolute atomic E-state index is 0.670. The molecule has 1 atom stereocenters. The van der Waals surface area contributed by atoms with Gasteiger partial charge in [-0.05, 0) is 25.3 Å². The molecule has 0 aliphatic heterocycles. The van der Waals surface area contributed by atoms with Crippen LogP contribution in [0.25, 0.3) is 0 Å². The summed E-state index contributed by atoms with van der Waals surface area (Å²) in [5.74, 6) is 1.43. The average Bonchev–Trinajstić information content (AvgIpc) is 2.17. The maximum Gasteiger partial charge on any atom is 0.0590 e. The summed E-state index contributed by atoms with van der Waals surface area (Å²) in [6, 6.07) is 0. The Balaban J connectivity index is 2.98. The first-order chi connectivity index (χ1) is 6.81. The summed E-state index contributed by atoms with van der Waals surface area (Å²) in [7, 11) is 0. The smallest absolute Gasteiger partial charge is 0.0590 e. The fourth-order valence-electron chi connectivity index (χ4n) is 1.13. The first-order valence-electron chi connectivity index (χ1n) is 5.65. The Hall–Kier alpha value is 0.210. The van der Waals surface area contributed by atoms with E-state index < -0.39 is 0 Å². The zero-order valence-corrected chi connectivity index (χ0v) is 10.3. The van der Waals surface area contributed by atoms with Crippen LogP contribution in [0.2, 0.25) is 0 Å². The van der Waals surface area contributed by atoms with E-state index in [1.165, 1.54) is 12.8 Å². The summed E-state index contributed by atoms with van der Waals surface area (Å²) in [5, 5.41) is 3.36. The average molecular weight is 222 g/mol. The van der Waals surface area contributed by atoms with Crippen molar-refractivity contribution in [2.45, 2.75) is 33.1 Å². The molecule has 0 heterocycles. The second-order valence-electron chi connectivity index (χ2n) is 3.75. The van der Waals surface area contributed by atoms with Crippen molar-refractivity contribution in [3.8, 4) is 0 Å². The van der Waals surface area contributed by atoms with E-state index in [0.29, 0.717) is 5.92 Å². The molecule has 0 saturated heterocycles. The maximum absolute atomic E-state index is 5.64.